The molecule has 0 radical (unpaired) electrons. The van der Waals surface area contributed by atoms with E-state index < -0.39 is 0 Å². The fourth-order valence-electron chi connectivity index (χ4n) is 1.76. The van der Waals surface area contributed by atoms with Crippen LogP contribution in [0.4, 0.5) is 5.82 Å². The van der Waals surface area contributed by atoms with Crippen molar-refractivity contribution in [3.8, 4) is 5.88 Å². The third-order valence-corrected chi connectivity index (χ3v) is 2.48. The lowest BCUT2D eigenvalue weighted by Gasteiger charge is -2.14. The fraction of sp³-hybridized carbons (Fsp3) is 0.429. The van der Waals surface area contributed by atoms with E-state index in [0.29, 0.717) is 5.88 Å². The maximum atomic E-state index is 5.53. The lowest BCUT2D eigenvalue weighted by Crippen LogP contribution is -2.19. The van der Waals surface area contributed by atoms with E-state index in [0.717, 1.165) is 18.0 Å². The molecule has 1 N–H and O–H groups in total. The number of rotatable bonds is 6. The van der Waals surface area contributed by atoms with E-state index in [2.05, 4.69) is 22.2 Å². The molecule has 2 rings (SSSR count). The molecule has 0 saturated carbocycles. The topological polar surface area (TPSA) is 60.2 Å². The minimum atomic E-state index is 0.100. The predicted molar refractivity (Wildman–Crippen MR) is 73.3 cm³/mol. The summed E-state index contributed by atoms with van der Waals surface area (Å²) in [5.41, 5.74) is 0. The highest BCUT2D eigenvalue weighted by Gasteiger charge is 2.08. The molecule has 0 aliphatic rings. The van der Waals surface area contributed by atoms with Crippen molar-refractivity contribution < 1.29 is 9.15 Å². The Morgan fingerprint density at radius 2 is 2.16 bits per heavy atom. The number of furan rings is 1. The minimum Gasteiger partial charge on any atom is -0.475 e. The van der Waals surface area contributed by atoms with Gasteiger partial charge in [-0.1, -0.05) is 0 Å². The smallest absolute Gasteiger partial charge is 0.218 e. The third kappa shape index (κ3) is 4.28. The van der Waals surface area contributed by atoms with Crippen molar-refractivity contribution in [2.45, 2.75) is 39.3 Å². The first-order valence-electron chi connectivity index (χ1n) is 6.41. The molecule has 0 fully saturated rings. The quantitative estimate of drug-likeness (QED) is 0.866. The lowest BCUT2D eigenvalue weighted by molar-refractivity contribution is 0.232. The van der Waals surface area contributed by atoms with Crippen molar-refractivity contribution in [1.29, 1.82) is 0 Å². The van der Waals surface area contributed by atoms with E-state index in [1.165, 1.54) is 6.33 Å². The van der Waals surface area contributed by atoms with E-state index in [9.17, 15) is 0 Å². The zero-order valence-electron chi connectivity index (χ0n) is 11.5. The lowest BCUT2D eigenvalue weighted by atomic mass is 10.2. The number of hydrogen-bond donors (Lipinski definition) is 1. The molecule has 5 nitrogen and oxygen atoms in total. The first-order valence-corrected chi connectivity index (χ1v) is 6.41. The molecular weight excluding hydrogens is 242 g/mol. The Kier molecular flexibility index (Phi) is 4.39. The summed E-state index contributed by atoms with van der Waals surface area (Å²) in [6, 6.07) is 5.87. The van der Waals surface area contributed by atoms with Gasteiger partial charge in [0.2, 0.25) is 5.88 Å². The number of nitrogens with zero attached hydrogens (tertiary/aromatic N) is 2. The Balaban J connectivity index is 1.94. The van der Waals surface area contributed by atoms with Crippen LogP contribution in [0.15, 0.2) is 35.2 Å². The number of nitrogens with one attached hydrogen (secondary N) is 1. The molecule has 1 atom stereocenters. The highest BCUT2D eigenvalue weighted by molar-refractivity contribution is 5.38. The predicted octanol–water partition coefficient (Wildman–Crippen LogP) is 2.90. The average molecular weight is 261 g/mol. The number of anilines is 1. The summed E-state index contributed by atoms with van der Waals surface area (Å²) in [4.78, 5) is 8.25. The Labute approximate surface area is 113 Å². The summed E-state index contributed by atoms with van der Waals surface area (Å²) in [6.07, 6.45) is 4.08. The van der Waals surface area contributed by atoms with Gasteiger partial charge in [0.15, 0.2) is 0 Å². The maximum absolute atomic E-state index is 5.53. The molecule has 1 unspecified atom stereocenters. The van der Waals surface area contributed by atoms with Crippen LogP contribution in [-0.4, -0.2) is 22.1 Å². The average Bonchev–Trinajstić information content (AvgIpc) is 2.81. The Morgan fingerprint density at radius 1 is 1.32 bits per heavy atom. The molecule has 2 heterocycles. The monoisotopic (exact) mass is 261 g/mol. The van der Waals surface area contributed by atoms with Crippen molar-refractivity contribution in [2.24, 2.45) is 0 Å². The molecule has 0 aromatic carbocycles. The molecular formula is C14H19N3O2. The second-order valence-electron chi connectivity index (χ2n) is 4.74. The maximum Gasteiger partial charge on any atom is 0.218 e. The van der Waals surface area contributed by atoms with Gasteiger partial charge in [-0.05, 0) is 32.9 Å². The van der Waals surface area contributed by atoms with Crippen LogP contribution in [0.3, 0.4) is 0 Å². The summed E-state index contributed by atoms with van der Waals surface area (Å²) >= 11 is 0. The van der Waals surface area contributed by atoms with Gasteiger partial charge in [0, 0.05) is 18.5 Å². The van der Waals surface area contributed by atoms with Gasteiger partial charge in [-0.25, -0.2) is 9.97 Å². The Bertz CT molecular complexity index is 497. The van der Waals surface area contributed by atoms with Gasteiger partial charge in [-0.2, -0.15) is 0 Å². The van der Waals surface area contributed by atoms with E-state index in [4.69, 9.17) is 9.15 Å². The van der Waals surface area contributed by atoms with Crippen molar-refractivity contribution >= 4 is 5.82 Å². The summed E-state index contributed by atoms with van der Waals surface area (Å²) < 4.78 is 10.9. The normalized spacial score (nSPS) is 12.4. The molecule has 0 aliphatic heterocycles. The second-order valence-corrected chi connectivity index (χ2v) is 4.74. The molecule has 2 aromatic heterocycles. The van der Waals surface area contributed by atoms with Gasteiger partial charge in [0.05, 0.1) is 12.4 Å². The van der Waals surface area contributed by atoms with Gasteiger partial charge in [-0.3, -0.25) is 0 Å². The van der Waals surface area contributed by atoms with Crippen LogP contribution < -0.4 is 10.1 Å². The van der Waals surface area contributed by atoms with E-state index in [1.54, 1.807) is 12.3 Å². The molecule has 2 aromatic rings. The van der Waals surface area contributed by atoms with Crippen LogP contribution >= 0.6 is 0 Å². The summed E-state index contributed by atoms with van der Waals surface area (Å²) in [6.45, 7) is 6.01. The molecule has 0 aliphatic carbocycles. The van der Waals surface area contributed by atoms with E-state index in [-0.39, 0.29) is 12.1 Å². The van der Waals surface area contributed by atoms with Gasteiger partial charge >= 0.3 is 0 Å². The Hall–Kier alpha value is -2.04. The summed E-state index contributed by atoms with van der Waals surface area (Å²) in [5.74, 6) is 2.29. The van der Waals surface area contributed by atoms with Crippen LogP contribution in [0.5, 0.6) is 5.88 Å². The number of aromatic nitrogens is 2. The molecule has 0 bridgehead atoms. The zero-order valence-corrected chi connectivity index (χ0v) is 11.5. The molecule has 0 spiro atoms. The highest BCUT2D eigenvalue weighted by Crippen LogP contribution is 2.14. The first-order chi connectivity index (χ1) is 9.13. The molecule has 5 heteroatoms. The SMILES string of the molecule is CC(Cc1ccco1)Nc1cc(OC(C)C)ncn1. The standard InChI is InChI=1S/C14H19N3O2/c1-10(2)19-14-8-13(15-9-16-14)17-11(3)7-12-5-4-6-18-12/h4-6,8-11H,7H2,1-3H3,(H,15,16,17). The van der Waals surface area contributed by atoms with Gasteiger partial charge < -0.3 is 14.5 Å². The summed E-state index contributed by atoms with van der Waals surface area (Å²) in [7, 11) is 0. The van der Waals surface area contributed by atoms with Crippen LogP contribution in [0, 0.1) is 0 Å². The van der Waals surface area contributed by atoms with Crippen molar-refractivity contribution in [3.63, 3.8) is 0 Å². The summed E-state index contributed by atoms with van der Waals surface area (Å²) in [5, 5.41) is 3.30. The minimum absolute atomic E-state index is 0.100. The number of hydrogen-bond acceptors (Lipinski definition) is 5. The van der Waals surface area contributed by atoms with Crippen LogP contribution in [0.25, 0.3) is 0 Å². The number of ether oxygens (including phenoxy) is 1. The molecule has 19 heavy (non-hydrogen) atoms. The molecule has 0 amide bonds. The van der Waals surface area contributed by atoms with Crippen LogP contribution in [0.2, 0.25) is 0 Å². The van der Waals surface area contributed by atoms with E-state index in [1.807, 2.05) is 26.0 Å². The zero-order chi connectivity index (χ0) is 13.7. The Morgan fingerprint density at radius 3 is 2.84 bits per heavy atom. The first kappa shape index (κ1) is 13.4. The molecule has 102 valence electrons. The van der Waals surface area contributed by atoms with Crippen molar-refractivity contribution in [3.05, 3.63) is 36.5 Å². The van der Waals surface area contributed by atoms with Gasteiger partial charge in [0.25, 0.3) is 0 Å². The van der Waals surface area contributed by atoms with E-state index >= 15 is 0 Å². The van der Waals surface area contributed by atoms with Gasteiger partial charge in [0.1, 0.15) is 17.9 Å². The molecule has 0 saturated heterocycles. The third-order valence-electron chi connectivity index (χ3n) is 2.48. The highest BCUT2D eigenvalue weighted by atomic mass is 16.5. The van der Waals surface area contributed by atoms with Crippen LogP contribution in [-0.2, 0) is 6.42 Å². The van der Waals surface area contributed by atoms with Crippen molar-refractivity contribution in [2.75, 3.05) is 5.32 Å². The second kappa shape index (κ2) is 6.22. The fourth-order valence-corrected chi connectivity index (χ4v) is 1.76. The van der Waals surface area contributed by atoms with Crippen molar-refractivity contribution in [1.82, 2.24) is 9.97 Å². The van der Waals surface area contributed by atoms with Crippen LogP contribution in [0.1, 0.15) is 26.5 Å². The van der Waals surface area contributed by atoms with Gasteiger partial charge in [-0.15, -0.1) is 0 Å². The largest absolute Gasteiger partial charge is 0.475 e.